The summed E-state index contributed by atoms with van der Waals surface area (Å²) < 4.78 is 10.6. The van der Waals surface area contributed by atoms with Gasteiger partial charge in [0.15, 0.2) is 0 Å². The number of carbonyl (C=O) groups excluding carboxylic acids is 2. The van der Waals surface area contributed by atoms with Crippen molar-refractivity contribution in [1.82, 2.24) is 9.88 Å². The van der Waals surface area contributed by atoms with Crippen molar-refractivity contribution in [2.75, 3.05) is 13.7 Å². The number of hydrogen-bond donors (Lipinski definition) is 0. The van der Waals surface area contributed by atoms with Crippen LogP contribution < -0.4 is 4.74 Å². The van der Waals surface area contributed by atoms with Crippen molar-refractivity contribution in [3.05, 3.63) is 81.8 Å². The molecule has 0 aliphatic heterocycles. The van der Waals surface area contributed by atoms with Gasteiger partial charge < -0.3 is 14.4 Å². The number of amides is 1. The van der Waals surface area contributed by atoms with Crippen molar-refractivity contribution in [1.29, 1.82) is 0 Å². The molecule has 7 heteroatoms. The van der Waals surface area contributed by atoms with Crippen LogP contribution in [0.4, 0.5) is 0 Å². The van der Waals surface area contributed by atoms with E-state index in [0.29, 0.717) is 24.5 Å². The summed E-state index contributed by atoms with van der Waals surface area (Å²) in [5.74, 6) is -0.255. The first-order chi connectivity index (χ1) is 15.0. The molecular formula is C24H26N2O4S. The lowest BCUT2D eigenvalue weighted by Crippen LogP contribution is -2.36. The molecule has 3 aromatic rings. The number of carbonyl (C=O) groups is 2. The summed E-state index contributed by atoms with van der Waals surface area (Å²) in [5.41, 5.74) is 2.41. The molecule has 0 bridgehead atoms. The third kappa shape index (κ3) is 6.39. The minimum Gasteiger partial charge on any atom is -0.487 e. The second-order valence-electron chi connectivity index (χ2n) is 7.27. The Balaban J connectivity index is 1.70. The molecule has 1 amide bonds. The molecule has 0 radical (unpaired) electrons. The Morgan fingerprint density at radius 3 is 2.42 bits per heavy atom. The average Bonchev–Trinajstić information content (AvgIpc) is 3.22. The summed E-state index contributed by atoms with van der Waals surface area (Å²) in [5, 5.41) is 2.97. The lowest BCUT2D eigenvalue weighted by molar-refractivity contribution is -0.145. The largest absolute Gasteiger partial charge is 0.487 e. The minimum atomic E-state index is -0.429. The lowest BCUT2D eigenvalue weighted by Gasteiger charge is -2.25. The minimum absolute atomic E-state index is 0.152. The number of aromatic nitrogens is 1. The Bertz CT molecular complexity index is 1000. The normalized spacial score (nSPS) is 11.6. The Morgan fingerprint density at radius 1 is 1.10 bits per heavy atom. The number of aryl methyl sites for hydroxylation is 1. The molecule has 0 aliphatic rings. The van der Waals surface area contributed by atoms with Gasteiger partial charge in [-0.25, -0.2) is 4.98 Å². The maximum atomic E-state index is 13.2. The molecule has 0 saturated carbocycles. The third-order valence-corrected chi connectivity index (χ3v) is 5.58. The van der Waals surface area contributed by atoms with Gasteiger partial charge in [-0.1, -0.05) is 37.3 Å². The number of hydrogen-bond acceptors (Lipinski definition) is 6. The number of ether oxygens (including phenoxy) is 2. The van der Waals surface area contributed by atoms with Crippen LogP contribution in [-0.4, -0.2) is 35.4 Å². The maximum absolute atomic E-state index is 13.2. The van der Waals surface area contributed by atoms with Gasteiger partial charge in [-0.3, -0.25) is 9.59 Å². The predicted molar refractivity (Wildman–Crippen MR) is 120 cm³/mol. The number of methoxy groups -OCH3 is 1. The zero-order chi connectivity index (χ0) is 22.2. The maximum Gasteiger partial charge on any atom is 0.310 e. The fraction of sp³-hybridized carbons (Fsp3) is 0.292. The molecule has 1 unspecified atom stereocenters. The number of esters is 1. The fourth-order valence-corrected chi connectivity index (χ4v) is 3.73. The van der Waals surface area contributed by atoms with Crippen molar-refractivity contribution in [2.24, 2.45) is 5.92 Å². The molecule has 3 rings (SSSR count). The summed E-state index contributed by atoms with van der Waals surface area (Å²) in [6, 6.07) is 16.7. The Hall–Kier alpha value is -3.19. The van der Waals surface area contributed by atoms with Crippen LogP contribution >= 0.6 is 11.3 Å². The summed E-state index contributed by atoms with van der Waals surface area (Å²) in [4.78, 5) is 31.2. The molecule has 0 aliphatic carbocycles. The van der Waals surface area contributed by atoms with E-state index >= 15 is 0 Å². The summed E-state index contributed by atoms with van der Waals surface area (Å²) in [7, 11) is 1.36. The van der Waals surface area contributed by atoms with Crippen LogP contribution in [0.3, 0.4) is 0 Å². The highest BCUT2D eigenvalue weighted by molar-refractivity contribution is 7.09. The van der Waals surface area contributed by atoms with Crippen molar-refractivity contribution < 1.29 is 19.1 Å². The fourth-order valence-electron chi connectivity index (χ4n) is 3.14. The molecule has 0 N–H and O–H groups in total. The number of benzene rings is 2. The van der Waals surface area contributed by atoms with E-state index in [4.69, 9.17) is 9.47 Å². The third-order valence-electron chi connectivity index (χ3n) is 4.76. The molecule has 1 heterocycles. The number of nitrogens with zero attached hydrogens (tertiary/aromatic N) is 2. The van der Waals surface area contributed by atoms with Crippen LogP contribution in [-0.2, 0) is 22.7 Å². The van der Waals surface area contributed by atoms with E-state index in [2.05, 4.69) is 4.98 Å². The van der Waals surface area contributed by atoms with Gasteiger partial charge in [-0.2, -0.15) is 0 Å². The summed E-state index contributed by atoms with van der Waals surface area (Å²) in [6.07, 6.45) is 0. The summed E-state index contributed by atoms with van der Waals surface area (Å²) >= 11 is 1.58. The number of thiazole rings is 1. The average molecular weight is 439 g/mol. The van der Waals surface area contributed by atoms with Gasteiger partial charge in [0.05, 0.1) is 23.7 Å². The molecule has 0 saturated heterocycles. The molecule has 162 valence electrons. The van der Waals surface area contributed by atoms with Crippen LogP contribution in [0.1, 0.15) is 33.5 Å². The first-order valence-corrected chi connectivity index (χ1v) is 10.9. The van der Waals surface area contributed by atoms with E-state index in [9.17, 15) is 9.59 Å². The Kier molecular flexibility index (Phi) is 7.78. The van der Waals surface area contributed by atoms with Crippen molar-refractivity contribution in [3.63, 3.8) is 0 Å². The van der Waals surface area contributed by atoms with E-state index < -0.39 is 5.92 Å². The van der Waals surface area contributed by atoms with E-state index in [0.717, 1.165) is 16.3 Å². The van der Waals surface area contributed by atoms with Crippen LogP contribution in [0.15, 0.2) is 60.0 Å². The van der Waals surface area contributed by atoms with Gasteiger partial charge in [-0.05, 0) is 36.8 Å². The zero-order valence-corrected chi connectivity index (χ0v) is 18.7. The zero-order valence-electron chi connectivity index (χ0n) is 17.9. The van der Waals surface area contributed by atoms with Gasteiger partial charge in [0, 0.05) is 24.0 Å². The smallest absolute Gasteiger partial charge is 0.310 e. The van der Waals surface area contributed by atoms with Crippen LogP contribution in [0.25, 0.3) is 0 Å². The van der Waals surface area contributed by atoms with Gasteiger partial charge in [-0.15, -0.1) is 11.3 Å². The van der Waals surface area contributed by atoms with E-state index in [-0.39, 0.29) is 18.4 Å². The first kappa shape index (κ1) is 22.5. The second-order valence-corrected chi connectivity index (χ2v) is 8.33. The van der Waals surface area contributed by atoms with Crippen LogP contribution in [0.5, 0.6) is 5.75 Å². The van der Waals surface area contributed by atoms with Crippen molar-refractivity contribution in [3.8, 4) is 5.75 Å². The predicted octanol–water partition coefficient (Wildman–Crippen LogP) is 4.48. The molecule has 1 aromatic heterocycles. The van der Waals surface area contributed by atoms with Gasteiger partial charge in [0.1, 0.15) is 12.4 Å². The van der Waals surface area contributed by atoms with Gasteiger partial charge in [0.25, 0.3) is 5.91 Å². The standard InChI is InChI=1S/C24H26N2O4S/c1-17(24(28)29-3)13-26(14-19-7-5-4-6-8-19)23(27)20-9-11-22(12-10-20)30-15-21-16-31-18(2)25-21/h4-12,16-17H,13-15H2,1-3H3. The van der Waals surface area contributed by atoms with Gasteiger partial charge >= 0.3 is 5.97 Å². The van der Waals surface area contributed by atoms with Crippen LogP contribution in [0.2, 0.25) is 0 Å². The van der Waals surface area contributed by atoms with Crippen molar-refractivity contribution >= 4 is 23.2 Å². The highest BCUT2D eigenvalue weighted by atomic mass is 32.1. The highest BCUT2D eigenvalue weighted by Gasteiger charge is 2.23. The topological polar surface area (TPSA) is 68.7 Å². The number of rotatable bonds is 9. The molecule has 0 fully saturated rings. The lowest BCUT2D eigenvalue weighted by atomic mass is 10.1. The first-order valence-electron chi connectivity index (χ1n) is 10.0. The van der Waals surface area contributed by atoms with Gasteiger partial charge in [0.2, 0.25) is 0 Å². The molecule has 6 nitrogen and oxygen atoms in total. The molecule has 2 aromatic carbocycles. The Labute approximate surface area is 186 Å². The Morgan fingerprint density at radius 2 is 1.81 bits per heavy atom. The quantitative estimate of drug-likeness (QED) is 0.461. The molecule has 1 atom stereocenters. The second kappa shape index (κ2) is 10.7. The van der Waals surface area contributed by atoms with E-state index in [1.54, 1.807) is 47.4 Å². The monoisotopic (exact) mass is 438 g/mol. The molecular weight excluding hydrogens is 412 g/mol. The van der Waals surface area contributed by atoms with E-state index in [1.165, 1.54) is 7.11 Å². The molecule has 31 heavy (non-hydrogen) atoms. The van der Waals surface area contributed by atoms with E-state index in [1.807, 2.05) is 42.6 Å². The van der Waals surface area contributed by atoms with Crippen molar-refractivity contribution in [2.45, 2.75) is 27.0 Å². The SMILES string of the molecule is COC(=O)C(C)CN(Cc1ccccc1)C(=O)c1ccc(OCc2csc(C)n2)cc1. The summed E-state index contributed by atoms with van der Waals surface area (Å²) in [6.45, 7) is 4.77. The van der Waals surface area contributed by atoms with Crippen LogP contribution in [0, 0.1) is 12.8 Å². The molecule has 0 spiro atoms. The highest BCUT2D eigenvalue weighted by Crippen LogP contribution is 2.18.